The second kappa shape index (κ2) is 7.72. The van der Waals surface area contributed by atoms with Crippen LogP contribution in [0.2, 0.25) is 0 Å². The smallest absolute Gasteiger partial charge is 0.320 e. The third-order valence-corrected chi connectivity index (χ3v) is 6.39. The number of carbonyl (C=O) groups is 2. The van der Waals surface area contributed by atoms with E-state index in [1.807, 2.05) is 30.6 Å². The minimum atomic E-state index is -0.114. The molecule has 0 radical (unpaired) electrons. The number of hydrogen-bond acceptors (Lipinski definition) is 4. The van der Waals surface area contributed by atoms with Gasteiger partial charge >= 0.3 is 6.03 Å². The molecule has 0 saturated carbocycles. The van der Waals surface area contributed by atoms with Gasteiger partial charge in [-0.15, -0.1) is 11.3 Å². The van der Waals surface area contributed by atoms with Crippen molar-refractivity contribution in [2.45, 2.75) is 52.5 Å². The lowest BCUT2D eigenvalue weighted by molar-refractivity contribution is -0.127. The summed E-state index contributed by atoms with van der Waals surface area (Å²) in [5.41, 5.74) is 0.991. The summed E-state index contributed by atoms with van der Waals surface area (Å²) in [5.74, 6) is -0.0612. The van der Waals surface area contributed by atoms with Gasteiger partial charge in [0.25, 0.3) is 0 Å². The van der Waals surface area contributed by atoms with Crippen molar-refractivity contribution >= 4 is 23.3 Å². The number of hydrogen-bond donors (Lipinski definition) is 1. The molecule has 1 N–H and O–H groups in total. The molecule has 2 atom stereocenters. The van der Waals surface area contributed by atoms with Crippen LogP contribution in [-0.2, 0) is 4.79 Å². The van der Waals surface area contributed by atoms with E-state index < -0.39 is 0 Å². The summed E-state index contributed by atoms with van der Waals surface area (Å²) >= 11 is 1.64. The van der Waals surface area contributed by atoms with Crippen molar-refractivity contribution in [3.63, 3.8) is 0 Å². The molecule has 1 aromatic heterocycles. The number of rotatable bonds is 3. The van der Waals surface area contributed by atoms with Crippen LogP contribution in [0.5, 0.6) is 0 Å². The van der Waals surface area contributed by atoms with Crippen LogP contribution < -0.4 is 5.32 Å². The molecule has 3 amide bonds. The standard InChI is InChI=1S/C18H28N4O2S/c1-12-16(25-14(3)19-12)13(2)20-17(23)15-7-6-10-22(11-15)18(24)21-8-4-5-9-21/h13,15H,4-11H2,1-3H3,(H,20,23). The fraction of sp³-hybridized carbons (Fsp3) is 0.722. The van der Waals surface area contributed by atoms with Gasteiger partial charge in [-0.2, -0.15) is 0 Å². The Balaban J connectivity index is 1.58. The van der Waals surface area contributed by atoms with E-state index in [9.17, 15) is 9.59 Å². The van der Waals surface area contributed by atoms with Crippen molar-refractivity contribution < 1.29 is 9.59 Å². The van der Waals surface area contributed by atoms with Gasteiger partial charge in [0.05, 0.1) is 22.7 Å². The molecule has 1 aromatic rings. The molecule has 138 valence electrons. The quantitative estimate of drug-likeness (QED) is 0.897. The summed E-state index contributed by atoms with van der Waals surface area (Å²) in [7, 11) is 0. The van der Waals surface area contributed by atoms with Crippen molar-refractivity contribution in [2.24, 2.45) is 5.92 Å². The molecule has 3 heterocycles. The van der Waals surface area contributed by atoms with Crippen LogP contribution >= 0.6 is 11.3 Å². The molecule has 0 spiro atoms. The molecule has 2 saturated heterocycles. The lowest BCUT2D eigenvalue weighted by Crippen LogP contribution is -2.49. The van der Waals surface area contributed by atoms with E-state index >= 15 is 0 Å². The van der Waals surface area contributed by atoms with Crippen LogP contribution in [-0.4, -0.2) is 52.9 Å². The topological polar surface area (TPSA) is 65.5 Å². The van der Waals surface area contributed by atoms with Crippen molar-refractivity contribution in [3.05, 3.63) is 15.6 Å². The Labute approximate surface area is 153 Å². The van der Waals surface area contributed by atoms with Gasteiger partial charge in [0.1, 0.15) is 0 Å². The molecule has 0 aliphatic carbocycles. The maximum absolute atomic E-state index is 12.7. The summed E-state index contributed by atoms with van der Waals surface area (Å²) in [6, 6.07) is 0.0698. The van der Waals surface area contributed by atoms with E-state index in [0.29, 0.717) is 6.54 Å². The molecule has 2 unspecified atom stereocenters. The normalized spacial score (nSPS) is 22.1. The Bertz CT molecular complexity index is 639. The first-order valence-corrected chi connectivity index (χ1v) is 10.1. The predicted octanol–water partition coefficient (Wildman–Crippen LogP) is 2.86. The molecular weight excluding hydrogens is 336 g/mol. The Kier molecular flexibility index (Phi) is 5.61. The number of piperidine rings is 1. The van der Waals surface area contributed by atoms with Gasteiger partial charge < -0.3 is 15.1 Å². The van der Waals surface area contributed by atoms with Crippen LogP contribution in [0.15, 0.2) is 0 Å². The van der Waals surface area contributed by atoms with Gasteiger partial charge in [-0.05, 0) is 46.5 Å². The zero-order chi connectivity index (χ0) is 18.0. The third kappa shape index (κ3) is 4.14. The van der Waals surface area contributed by atoms with Gasteiger partial charge in [0, 0.05) is 31.1 Å². The van der Waals surface area contributed by atoms with Crippen LogP contribution in [0.3, 0.4) is 0 Å². The highest BCUT2D eigenvalue weighted by molar-refractivity contribution is 7.11. The van der Waals surface area contributed by atoms with E-state index in [0.717, 1.165) is 60.9 Å². The number of aromatic nitrogens is 1. The molecule has 2 fully saturated rings. The second-order valence-electron chi connectivity index (χ2n) is 7.17. The second-order valence-corrected chi connectivity index (χ2v) is 8.41. The van der Waals surface area contributed by atoms with Crippen LogP contribution in [0, 0.1) is 19.8 Å². The molecule has 2 aliphatic heterocycles. The number of urea groups is 1. The minimum Gasteiger partial charge on any atom is -0.348 e. The Morgan fingerprint density at radius 2 is 1.84 bits per heavy atom. The largest absolute Gasteiger partial charge is 0.348 e. The highest BCUT2D eigenvalue weighted by Crippen LogP contribution is 2.26. The van der Waals surface area contributed by atoms with Crippen LogP contribution in [0.25, 0.3) is 0 Å². The maximum Gasteiger partial charge on any atom is 0.320 e. The van der Waals surface area contributed by atoms with E-state index in [-0.39, 0.29) is 23.9 Å². The first-order chi connectivity index (χ1) is 12.0. The predicted molar refractivity (Wildman–Crippen MR) is 98.6 cm³/mol. The molecule has 0 bridgehead atoms. The maximum atomic E-state index is 12.7. The Morgan fingerprint density at radius 1 is 1.16 bits per heavy atom. The average molecular weight is 365 g/mol. The van der Waals surface area contributed by atoms with Crippen LogP contribution in [0.1, 0.15) is 54.2 Å². The van der Waals surface area contributed by atoms with E-state index in [1.54, 1.807) is 11.3 Å². The molecule has 0 aromatic carbocycles. The van der Waals surface area contributed by atoms with Gasteiger partial charge in [0.15, 0.2) is 0 Å². The highest BCUT2D eigenvalue weighted by Gasteiger charge is 2.32. The van der Waals surface area contributed by atoms with Crippen molar-refractivity contribution in [1.82, 2.24) is 20.1 Å². The number of likely N-dealkylation sites (tertiary alicyclic amines) is 2. The summed E-state index contributed by atoms with van der Waals surface area (Å²) < 4.78 is 0. The molecule has 3 rings (SSSR count). The van der Waals surface area contributed by atoms with Crippen molar-refractivity contribution in [2.75, 3.05) is 26.2 Å². The number of thiazole rings is 1. The molecular formula is C18H28N4O2S. The van der Waals surface area contributed by atoms with Crippen LogP contribution in [0.4, 0.5) is 4.79 Å². The van der Waals surface area contributed by atoms with E-state index in [2.05, 4.69) is 10.3 Å². The highest BCUT2D eigenvalue weighted by atomic mass is 32.1. The molecule has 7 heteroatoms. The van der Waals surface area contributed by atoms with Gasteiger partial charge in [-0.3, -0.25) is 4.79 Å². The van der Waals surface area contributed by atoms with E-state index in [1.165, 1.54) is 0 Å². The lowest BCUT2D eigenvalue weighted by atomic mass is 9.97. The number of amides is 3. The summed E-state index contributed by atoms with van der Waals surface area (Å²) in [5, 5.41) is 4.15. The number of nitrogens with zero attached hydrogens (tertiary/aromatic N) is 3. The third-order valence-electron chi connectivity index (χ3n) is 5.13. The fourth-order valence-electron chi connectivity index (χ4n) is 3.82. The SMILES string of the molecule is Cc1nc(C)c(C(C)NC(=O)C2CCCN(C(=O)N3CCCC3)C2)s1. The number of aryl methyl sites for hydroxylation is 2. The lowest BCUT2D eigenvalue weighted by Gasteiger charge is -2.35. The average Bonchev–Trinajstić information content (AvgIpc) is 3.23. The first kappa shape index (κ1) is 18.2. The summed E-state index contributed by atoms with van der Waals surface area (Å²) in [4.78, 5) is 34.6. The number of carbonyl (C=O) groups excluding carboxylic acids is 2. The summed E-state index contributed by atoms with van der Waals surface area (Å²) in [6.45, 7) is 8.99. The molecule has 25 heavy (non-hydrogen) atoms. The van der Waals surface area contributed by atoms with Gasteiger partial charge in [0.2, 0.25) is 5.91 Å². The van der Waals surface area contributed by atoms with Crippen molar-refractivity contribution in [3.8, 4) is 0 Å². The Hall–Kier alpha value is -1.63. The monoisotopic (exact) mass is 364 g/mol. The fourth-order valence-corrected chi connectivity index (χ4v) is 4.75. The first-order valence-electron chi connectivity index (χ1n) is 9.24. The minimum absolute atomic E-state index is 0.0386. The van der Waals surface area contributed by atoms with Gasteiger partial charge in [-0.1, -0.05) is 0 Å². The molecule has 2 aliphatic rings. The molecule has 6 nitrogen and oxygen atoms in total. The van der Waals surface area contributed by atoms with Gasteiger partial charge in [-0.25, -0.2) is 9.78 Å². The zero-order valence-corrected chi connectivity index (χ0v) is 16.2. The summed E-state index contributed by atoms with van der Waals surface area (Å²) in [6.07, 6.45) is 3.93. The number of nitrogens with one attached hydrogen (secondary N) is 1. The Morgan fingerprint density at radius 3 is 2.48 bits per heavy atom. The zero-order valence-electron chi connectivity index (χ0n) is 15.4. The van der Waals surface area contributed by atoms with Crippen molar-refractivity contribution in [1.29, 1.82) is 0 Å². The van der Waals surface area contributed by atoms with E-state index in [4.69, 9.17) is 0 Å².